The normalized spacial score (nSPS) is 10.4. The molecule has 7 nitrogen and oxygen atoms in total. The molecule has 0 spiro atoms. The Bertz CT molecular complexity index is 1110. The third kappa shape index (κ3) is 3.83. The number of hydrogen-bond donors (Lipinski definition) is 5. The molecule has 3 aromatic rings. The quantitative estimate of drug-likeness (QED) is 0.311. The van der Waals surface area contributed by atoms with Crippen molar-refractivity contribution in [1.82, 2.24) is 4.98 Å². The summed E-state index contributed by atoms with van der Waals surface area (Å²) >= 11 is 1.26. The molecule has 0 bridgehead atoms. The summed E-state index contributed by atoms with van der Waals surface area (Å²) in [6, 6.07) is 5.35. The number of aromatic nitrogens is 1. The fourth-order valence-electron chi connectivity index (χ4n) is 2.71. The van der Waals surface area contributed by atoms with Gasteiger partial charge in [-0.15, -0.1) is 11.3 Å². The minimum Gasteiger partial charge on any atom is -0.398 e. The molecule has 0 aliphatic rings. The van der Waals surface area contributed by atoms with E-state index in [1.165, 1.54) is 42.8 Å². The van der Waals surface area contributed by atoms with Gasteiger partial charge in [-0.3, -0.25) is 15.2 Å². The lowest BCUT2D eigenvalue weighted by Crippen LogP contribution is -2.18. The van der Waals surface area contributed by atoms with Gasteiger partial charge in [0.05, 0.1) is 21.7 Å². The number of nitrogen functional groups attached to an aromatic ring is 1. The van der Waals surface area contributed by atoms with E-state index in [1.54, 1.807) is 5.51 Å². The van der Waals surface area contributed by atoms with Gasteiger partial charge < -0.3 is 21.8 Å². The van der Waals surface area contributed by atoms with Crippen molar-refractivity contribution in [2.24, 2.45) is 0 Å². The van der Waals surface area contributed by atoms with Crippen molar-refractivity contribution in [1.29, 1.82) is 10.8 Å². The van der Waals surface area contributed by atoms with Gasteiger partial charge in [0.2, 0.25) is 0 Å². The van der Waals surface area contributed by atoms with Crippen LogP contribution in [0, 0.1) is 22.5 Å². The molecule has 0 radical (unpaired) electrons. The van der Waals surface area contributed by atoms with Gasteiger partial charge >= 0.3 is 0 Å². The molecule has 0 aliphatic carbocycles. The van der Waals surface area contributed by atoms with Gasteiger partial charge in [0.1, 0.15) is 17.2 Å². The predicted molar refractivity (Wildman–Crippen MR) is 111 cm³/mol. The number of thiazole rings is 1. The Hall–Kier alpha value is -3.66. The first-order chi connectivity index (χ1) is 13.9. The minimum absolute atomic E-state index is 0.0549. The van der Waals surface area contributed by atoms with Gasteiger partial charge in [-0.25, -0.2) is 8.78 Å². The number of nitrogens with two attached hydrogens (primary N) is 1. The molecule has 1 aromatic heterocycles. The second kappa shape index (κ2) is 8.15. The topological polar surface area (TPSA) is 128 Å². The Kier molecular flexibility index (Phi) is 5.64. The Morgan fingerprint density at radius 2 is 2.07 bits per heavy atom. The summed E-state index contributed by atoms with van der Waals surface area (Å²) in [5.41, 5.74) is 7.51. The predicted octanol–water partition coefficient (Wildman–Crippen LogP) is 3.71. The zero-order valence-corrected chi connectivity index (χ0v) is 16.0. The number of carbonyl (C=O) groups excluding carboxylic acids is 1. The largest absolute Gasteiger partial charge is 0.398 e. The maximum atomic E-state index is 14.6. The van der Waals surface area contributed by atoms with E-state index in [2.05, 4.69) is 15.6 Å². The lowest BCUT2D eigenvalue weighted by Gasteiger charge is -2.13. The summed E-state index contributed by atoms with van der Waals surface area (Å²) in [5.74, 6) is -3.23. The van der Waals surface area contributed by atoms with Crippen molar-refractivity contribution in [3.63, 3.8) is 0 Å². The van der Waals surface area contributed by atoms with Crippen LogP contribution < -0.4 is 16.4 Å². The number of rotatable bonds is 6. The average molecular weight is 414 g/mol. The molecule has 148 valence electrons. The number of amides is 1. The van der Waals surface area contributed by atoms with Gasteiger partial charge in [-0.1, -0.05) is 0 Å². The van der Waals surface area contributed by atoms with Crippen LogP contribution in [0.1, 0.15) is 26.4 Å². The van der Waals surface area contributed by atoms with Crippen molar-refractivity contribution in [2.45, 2.75) is 0 Å². The number of benzene rings is 2. The summed E-state index contributed by atoms with van der Waals surface area (Å²) in [6.45, 7) is 0. The molecular weight excluding hydrogens is 398 g/mol. The van der Waals surface area contributed by atoms with Crippen LogP contribution in [0.4, 0.5) is 25.8 Å². The van der Waals surface area contributed by atoms with Crippen molar-refractivity contribution in [2.75, 3.05) is 23.4 Å². The monoisotopic (exact) mass is 414 g/mol. The van der Waals surface area contributed by atoms with Crippen LogP contribution in [0.2, 0.25) is 0 Å². The van der Waals surface area contributed by atoms with Crippen LogP contribution in [0.3, 0.4) is 0 Å². The Morgan fingerprint density at radius 1 is 1.31 bits per heavy atom. The third-order valence-corrected chi connectivity index (χ3v) is 4.95. The highest BCUT2D eigenvalue weighted by molar-refractivity contribution is 7.12. The van der Waals surface area contributed by atoms with Crippen molar-refractivity contribution in [3.05, 3.63) is 69.2 Å². The summed E-state index contributed by atoms with van der Waals surface area (Å²) in [7, 11) is 1.45. The maximum absolute atomic E-state index is 14.6. The van der Waals surface area contributed by atoms with Crippen LogP contribution in [0.5, 0.6) is 0 Å². The van der Waals surface area contributed by atoms with E-state index >= 15 is 0 Å². The smallest absolute Gasteiger partial charge is 0.261 e. The fourth-order valence-corrected chi connectivity index (χ4v) is 3.29. The van der Waals surface area contributed by atoms with E-state index < -0.39 is 23.1 Å². The van der Waals surface area contributed by atoms with Crippen molar-refractivity contribution >= 4 is 46.2 Å². The summed E-state index contributed by atoms with van der Waals surface area (Å²) in [4.78, 5) is 17.0. The third-order valence-electron chi connectivity index (χ3n) is 4.16. The van der Waals surface area contributed by atoms with E-state index in [-0.39, 0.29) is 22.6 Å². The van der Waals surface area contributed by atoms with E-state index in [1.807, 2.05) is 0 Å². The zero-order valence-electron chi connectivity index (χ0n) is 15.1. The number of nitrogens with zero attached hydrogens (tertiary/aromatic N) is 1. The molecule has 0 unspecified atom stereocenters. The van der Waals surface area contributed by atoms with Crippen LogP contribution in [-0.4, -0.2) is 29.9 Å². The van der Waals surface area contributed by atoms with Crippen LogP contribution in [0.15, 0.2) is 36.0 Å². The van der Waals surface area contributed by atoms with Gasteiger partial charge in [-0.2, -0.15) is 0 Å². The summed E-state index contributed by atoms with van der Waals surface area (Å²) in [6.07, 6.45) is 2.22. The van der Waals surface area contributed by atoms with E-state index in [9.17, 15) is 13.6 Å². The molecule has 0 saturated heterocycles. The molecular formula is C19H16F2N6OS. The van der Waals surface area contributed by atoms with Gasteiger partial charge in [0.25, 0.3) is 5.91 Å². The SMILES string of the molecule is CNc1cc(F)c(C(=O)Nc2ccc(N)c(C(=N)c3cncs3)c2)c(F)c1C=N. The summed E-state index contributed by atoms with van der Waals surface area (Å²) in [5, 5.41) is 20.6. The summed E-state index contributed by atoms with van der Waals surface area (Å²) < 4.78 is 29.0. The first-order valence-corrected chi connectivity index (χ1v) is 9.14. The molecule has 3 rings (SSSR count). The highest BCUT2D eigenvalue weighted by Gasteiger charge is 2.23. The molecule has 6 N–H and O–H groups in total. The van der Waals surface area contributed by atoms with Crippen molar-refractivity contribution < 1.29 is 13.6 Å². The lowest BCUT2D eigenvalue weighted by atomic mass is 10.0. The second-order valence-electron chi connectivity index (χ2n) is 5.90. The number of anilines is 3. The van der Waals surface area contributed by atoms with E-state index in [0.717, 1.165) is 6.07 Å². The number of carbonyl (C=O) groups is 1. The highest BCUT2D eigenvalue weighted by Crippen LogP contribution is 2.26. The first kappa shape index (κ1) is 20.1. The van der Waals surface area contributed by atoms with Crippen LogP contribution in [-0.2, 0) is 0 Å². The number of nitrogens with one attached hydrogen (secondary N) is 4. The fraction of sp³-hybridized carbons (Fsp3) is 0.0526. The van der Waals surface area contributed by atoms with Gasteiger partial charge in [0, 0.05) is 42.1 Å². The second-order valence-corrected chi connectivity index (χ2v) is 6.79. The van der Waals surface area contributed by atoms with Crippen LogP contribution in [0.25, 0.3) is 0 Å². The zero-order chi connectivity index (χ0) is 21.1. The van der Waals surface area contributed by atoms with Gasteiger partial charge in [0.15, 0.2) is 0 Å². The Morgan fingerprint density at radius 3 is 2.69 bits per heavy atom. The first-order valence-electron chi connectivity index (χ1n) is 8.26. The van der Waals surface area contributed by atoms with Crippen molar-refractivity contribution in [3.8, 4) is 0 Å². The molecule has 10 heteroatoms. The highest BCUT2D eigenvalue weighted by atomic mass is 32.1. The molecule has 1 heterocycles. The minimum atomic E-state index is -1.14. The molecule has 0 saturated carbocycles. The average Bonchev–Trinajstić information content (AvgIpc) is 3.23. The van der Waals surface area contributed by atoms with Gasteiger partial charge in [-0.05, 0) is 24.3 Å². The van der Waals surface area contributed by atoms with E-state index in [4.69, 9.17) is 16.6 Å². The molecule has 2 aromatic carbocycles. The molecule has 0 fully saturated rings. The van der Waals surface area contributed by atoms with E-state index in [0.29, 0.717) is 22.3 Å². The molecule has 0 atom stereocenters. The standard InChI is InChI=1S/C19H16F2N6OS/c1-25-14-5-12(20)16(17(21)11(14)6-22)19(28)27-9-2-3-13(23)10(4-9)18(24)15-7-26-8-29-15/h2-8,22,24-25H,23H2,1H3,(H,27,28). The Labute approximate surface area is 168 Å². The molecule has 1 amide bonds. The number of halogens is 2. The Balaban J connectivity index is 1.95. The van der Waals surface area contributed by atoms with Crippen LogP contribution >= 0.6 is 11.3 Å². The number of hydrogen-bond acceptors (Lipinski definition) is 7. The lowest BCUT2D eigenvalue weighted by molar-refractivity contribution is 0.101. The molecule has 29 heavy (non-hydrogen) atoms. The maximum Gasteiger partial charge on any atom is 0.261 e. The molecule has 0 aliphatic heterocycles.